The van der Waals surface area contributed by atoms with E-state index < -0.39 is 0 Å². The van der Waals surface area contributed by atoms with Gasteiger partial charge in [-0.3, -0.25) is 0 Å². The highest BCUT2D eigenvalue weighted by Crippen LogP contribution is 2.30. The van der Waals surface area contributed by atoms with Gasteiger partial charge in [-0.2, -0.15) is 0 Å². The van der Waals surface area contributed by atoms with Crippen molar-refractivity contribution in [1.29, 1.82) is 0 Å². The molecule has 1 nitrogen and oxygen atoms in total. The molecular formula is C17H18BrClO. The smallest absolute Gasteiger partial charge is 0.137 e. The Kier molecular flexibility index (Phi) is 6.41. The number of hydrogen-bond acceptors (Lipinski definition) is 1. The van der Waals surface area contributed by atoms with Gasteiger partial charge < -0.3 is 4.74 Å². The Morgan fingerprint density at radius 1 is 0.950 bits per heavy atom. The van der Waals surface area contributed by atoms with E-state index in [1.165, 1.54) is 5.56 Å². The normalized spacial score (nSPS) is 10.5. The molecule has 0 N–H and O–H groups in total. The molecule has 106 valence electrons. The fraction of sp³-hybridized carbons (Fsp3) is 0.294. The second-order valence-corrected chi connectivity index (χ2v) is 5.77. The highest BCUT2D eigenvalue weighted by Gasteiger charge is 2.06. The zero-order valence-corrected chi connectivity index (χ0v) is 13.7. The van der Waals surface area contributed by atoms with Crippen LogP contribution in [0, 0.1) is 0 Å². The molecule has 0 aliphatic rings. The van der Waals surface area contributed by atoms with Crippen molar-refractivity contribution in [2.75, 3.05) is 6.61 Å². The maximum atomic E-state index is 5.92. The number of aryl methyl sites for hydroxylation is 1. The van der Waals surface area contributed by atoms with Crippen molar-refractivity contribution in [3.05, 3.63) is 64.1 Å². The molecule has 0 aromatic heterocycles. The molecule has 2 rings (SSSR count). The first-order valence-corrected chi connectivity index (χ1v) is 8.14. The van der Waals surface area contributed by atoms with Crippen molar-refractivity contribution < 1.29 is 4.74 Å². The van der Waals surface area contributed by atoms with E-state index in [0.29, 0.717) is 5.88 Å². The number of alkyl halides is 1. The first-order chi connectivity index (χ1) is 9.81. The molecule has 0 saturated carbocycles. The fourth-order valence-electron chi connectivity index (χ4n) is 2.07. The maximum absolute atomic E-state index is 5.92. The molecule has 2 aromatic carbocycles. The molecule has 0 radical (unpaired) electrons. The lowest BCUT2D eigenvalue weighted by Crippen LogP contribution is -2.01. The monoisotopic (exact) mass is 352 g/mol. The highest BCUT2D eigenvalue weighted by atomic mass is 79.9. The standard InChI is InChI=1S/C17H18BrClO/c18-16-11-6-10-15(13-19)17(16)20-12-5-4-9-14-7-2-1-3-8-14/h1-3,6-8,10-11H,4-5,9,12-13H2. The van der Waals surface area contributed by atoms with Crippen LogP contribution >= 0.6 is 27.5 Å². The van der Waals surface area contributed by atoms with Gasteiger partial charge in [-0.05, 0) is 46.8 Å². The first kappa shape index (κ1) is 15.4. The number of rotatable bonds is 7. The molecule has 0 unspecified atom stereocenters. The number of halogens is 2. The van der Waals surface area contributed by atoms with Crippen LogP contribution in [0.3, 0.4) is 0 Å². The molecule has 0 bridgehead atoms. The molecule has 0 heterocycles. The number of unbranched alkanes of at least 4 members (excludes halogenated alkanes) is 1. The van der Waals surface area contributed by atoms with Gasteiger partial charge >= 0.3 is 0 Å². The van der Waals surface area contributed by atoms with Crippen molar-refractivity contribution >= 4 is 27.5 Å². The number of benzene rings is 2. The Morgan fingerprint density at radius 3 is 2.50 bits per heavy atom. The summed E-state index contributed by atoms with van der Waals surface area (Å²) in [6.07, 6.45) is 3.27. The number of para-hydroxylation sites is 1. The van der Waals surface area contributed by atoms with Gasteiger partial charge in [-0.25, -0.2) is 0 Å². The predicted molar refractivity (Wildman–Crippen MR) is 88.6 cm³/mol. The van der Waals surface area contributed by atoms with Crippen molar-refractivity contribution in [3.8, 4) is 5.75 Å². The lowest BCUT2D eigenvalue weighted by atomic mass is 10.1. The van der Waals surface area contributed by atoms with Gasteiger partial charge in [0.05, 0.1) is 17.0 Å². The van der Waals surface area contributed by atoms with Gasteiger partial charge in [0.25, 0.3) is 0 Å². The van der Waals surface area contributed by atoms with E-state index in [0.717, 1.165) is 41.7 Å². The predicted octanol–water partition coefficient (Wildman–Crippen LogP) is 5.59. The van der Waals surface area contributed by atoms with Crippen molar-refractivity contribution in [2.24, 2.45) is 0 Å². The van der Waals surface area contributed by atoms with Crippen LogP contribution in [0.15, 0.2) is 53.0 Å². The minimum atomic E-state index is 0.471. The summed E-state index contributed by atoms with van der Waals surface area (Å²) in [5, 5.41) is 0. The Hall–Kier alpha value is -0.990. The van der Waals surface area contributed by atoms with Crippen LogP contribution in [-0.2, 0) is 12.3 Å². The SMILES string of the molecule is ClCc1cccc(Br)c1OCCCCc1ccccc1. The van der Waals surface area contributed by atoms with Crippen LogP contribution in [0.2, 0.25) is 0 Å². The third-order valence-corrected chi connectivity index (χ3v) is 4.05. The van der Waals surface area contributed by atoms with Crippen LogP contribution in [-0.4, -0.2) is 6.61 Å². The molecule has 0 amide bonds. The average molecular weight is 354 g/mol. The van der Waals surface area contributed by atoms with Gasteiger partial charge in [0.1, 0.15) is 5.75 Å². The number of ether oxygens (including phenoxy) is 1. The minimum Gasteiger partial charge on any atom is -0.492 e. The van der Waals surface area contributed by atoms with Crippen LogP contribution in [0.1, 0.15) is 24.0 Å². The van der Waals surface area contributed by atoms with Crippen molar-refractivity contribution in [2.45, 2.75) is 25.1 Å². The van der Waals surface area contributed by atoms with Gasteiger partial charge in [0.2, 0.25) is 0 Å². The molecule has 20 heavy (non-hydrogen) atoms. The molecule has 3 heteroatoms. The fourth-order valence-corrected chi connectivity index (χ4v) is 2.80. The van der Waals surface area contributed by atoms with E-state index in [4.69, 9.17) is 16.3 Å². The summed E-state index contributed by atoms with van der Waals surface area (Å²) >= 11 is 9.43. The lowest BCUT2D eigenvalue weighted by Gasteiger charge is -2.11. The molecule has 0 fully saturated rings. The van der Waals surface area contributed by atoms with E-state index in [1.54, 1.807) is 0 Å². The number of hydrogen-bond donors (Lipinski definition) is 0. The third kappa shape index (κ3) is 4.53. The topological polar surface area (TPSA) is 9.23 Å². The molecular weight excluding hydrogens is 336 g/mol. The van der Waals surface area contributed by atoms with Gasteiger partial charge in [-0.15, -0.1) is 11.6 Å². The summed E-state index contributed by atoms with van der Waals surface area (Å²) in [7, 11) is 0. The summed E-state index contributed by atoms with van der Waals surface area (Å²) in [6, 6.07) is 16.5. The quantitative estimate of drug-likeness (QED) is 0.466. The van der Waals surface area contributed by atoms with E-state index in [1.807, 2.05) is 24.3 Å². The Morgan fingerprint density at radius 2 is 1.75 bits per heavy atom. The molecule has 0 spiro atoms. The van der Waals surface area contributed by atoms with Crippen LogP contribution in [0.4, 0.5) is 0 Å². The Labute approximate surface area is 134 Å². The van der Waals surface area contributed by atoms with Crippen molar-refractivity contribution in [3.63, 3.8) is 0 Å². The zero-order chi connectivity index (χ0) is 14.2. The van der Waals surface area contributed by atoms with Gasteiger partial charge in [0.15, 0.2) is 0 Å². The molecule has 0 aliphatic heterocycles. The Balaban J connectivity index is 1.76. The summed E-state index contributed by atoms with van der Waals surface area (Å²) in [5.74, 6) is 1.35. The van der Waals surface area contributed by atoms with E-state index in [9.17, 15) is 0 Å². The Bertz CT molecular complexity index is 528. The van der Waals surface area contributed by atoms with Gasteiger partial charge in [-0.1, -0.05) is 42.5 Å². The minimum absolute atomic E-state index is 0.471. The molecule has 0 saturated heterocycles. The maximum Gasteiger partial charge on any atom is 0.137 e. The van der Waals surface area contributed by atoms with Gasteiger partial charge in [0, 0.05) is 5.56 Å². The summed E-state index contributed by atoms with van der Waals surface area (Å²) in [4.78, 5) is 0. The van der Waals surface area contributed by atoms with E-state index >= 15 is 0 Å². The average Bonchev–Trinajstić information content (AvgIpc) is 2.49. The van der Waals surface area contributed by atoms with E-state index in [-0.39, 0.29) is 0 Å². The molecule has 2 aromatic rings. The lowest BCUT2D eigenvalue weighted by molar-refractivity contribution is 0.303. The van der Waals surface area contributed by atoms with Crippen molar-refractivity contribution in [1.82, 2.24) is 0 Å². The summed E-state index contributed by atoms with van der Waals surface area (Å²) in [6.45, 7) is 0.722. The van der Waals surface area contributed by atoms with Crippen LogP contribution in [0.5, 0.6) is 5.75 Å². The molecule has 0 atom stereocenters. The summed E-state index contributed by atoms with van der Waals surface area (Å²) < 4.78 is 6.84. The zero-order valence-electron chi connectivity index (χ0n) is 11.3. The first-order valence-electron chi connectivity index (χ1n) is 6.81. The second kappa shape index (κ2) is 8.33. The second-order valence-electron chi connectivity index (χ2n) is 4.65. The summed E-state index contributed by atoms with van der Waals surface area (Å²) in [5.41, 5.74) is 2.42. The largest absolute Gasteiger partial charge is 0.492 e. The molecule has 0 aliphatic carbocycles. The third-order valence-electron chi connectivity index (χ3n) is 3.14. The van der Waals surface area contributed by atoms with Crippen LogP contribution < -0.4 is 4.74 Å². The highest BCUT2D eigenvalue weighted by molar-refractivity contribution is 9.10. The van der Waals surface area contributed by atoms with E-state index in [2.05, 4.69) is 40.2 Å². The van der Waals surface area contributed by atoms with Crippen LogP contribution in [0.25, 0.3) is 0 Å².